The van der Waals surface area contributed by atoms with Gasteiger partial charge in [0.2, 0.25) is 29.5 Å². The van der Waals surface area contributed by atoms with Crippen LogP contribution in [-0.2, 0) is 100 Å². The molecule has 3 N–H and O–H groups in total. The Hall–Kier alpha value is -4.68. The molecule has 5 rings (SSSR count). The minimum absolute atomic E-state index is 0. The molecule has 2 atom stereocenters. The molecule has 0 aliphatic carbocycles. The first kappa shape index (κ1) is 89.7. The number of imide groups is 5. The van der Waals surface area contributed by atoms with E-state index in [1.807, 2.05) is 61.6 Å². The van der Waals surface area contributed by atoms with Crippen molar-refractivity contribution in [3.05, 3.63) is 12.2 Å². The molecule has 508 valence electrons. The van der Waals surface area contributed by atoms with Crippen LogP contribution in [0.15, 0.2) is 12.2 Å². The lowest BCUT2D eigenvalue weighted by Gasteiger charge is -2.14. The Morgan fingerprint density at radius 1 is 0.477 bits per heavy atom. The van der Waals surface area contributed by atoms with Gasteiger partial charge in [0.05, 0.1) is 122 Å². The molecule has 2 unspecified atom stereocenters. The van der Waals surface area contributed by atoms with Crippen LogP contribution in [0, 0.1) is 0 Å². The number of amides is 11. The Balaban J connectivity index is -0.000000549. The second-order valence-electron chi connectivity index (χ2n) is 16.4. The molecule has 0 aromatic heterocycles. The lowest BCUT2D eigenvalue weighted by Crippen LogP contribution is -2.34. The van der Waals surface area contributed by atoms with Crippen molar-refractivity contribution in [2.45, 2.75) is 124 Å². The minimum Gasteiger partial charge on any atom is -0.379 e. The Kier molecular flexibility index (Phi) is 59.8. The number of hydrogen-bond acceptors (Lipinski definition) is 26. The fraction of sp³-hybridized carbons (Fsp3) is 0.727. The maximum atomic E-state index is 11.9. The van der Waals surface area contributed by atoms with Gasteiger partial charge in [-0.05, 0) is 12.5 Å². The normalized spacial score (nSPS) is 16.3. The summed E-state index contributed by atoms with van der Waals surface area (Å²) in [6.45, 7) is 20.6. The molecule has 0 aromatic carbocycles. The highest BCUT2D eigenvalue weighted by Gasteiger charge is 2.39. The van der Waals surface area contributed by atoms with Gasteiger partial charge in [0.25, 0.3) is 35.4 Å². The lowest BCUT2D eigenvalue weighted by atomic mass is 10.4. The molecule has 11 amide bonds. The van der Waals surface area contributed by atoms with Gasteiger partial charge in [-0.15, -0.1) is 10.1 Å². The van der Waals surface area contributed by atoms with E-state index in [4.69, 9.17) is 34.2 Å². The van der Waals surface area contributed by atoms with Gasteiger partial charge in [-0.3, -0.25) is 67.4 Å². The molecule has 5 aliphatic heterocycles. The number of carbonyl (C=O) groups excluding carboxylic acids is 13. The van der Waals surface area contributed by atoms with Crippen molar-refractivity contribution < 1.29 is 100 Å². The first-order valence-corrected chi connectivity index (χ1v) is 32.8. The molecule has 4 fully saturated rings. The summed E-state index contributed by atoms with van der Waals surface area (Å²) in [4.78, 5) is 162. The van der Waals surface area contributed by atoms with E-state index in [0.717, 1.165) is 10.7 Å². The van der Waals surface area contributed by atoms with Gasteiger partial charge in [-0.25, -0.2) is 9.59 Å². The lowest BCUT2D eigenvalue weighted by molar-refractivity contribution is -0.198. The zero-order valence-electron chi connectivity index (χ0n) is 52.7. The number of hydroxylamine groups is 4. The molecule has 5 aliphatic rings. The van der Waals surface area contributed by atoms with Crippen LogP contribution in [0.5, 0.6) is 0 Å². The van der Waals surface area contributed by atoms with Crippen molar-refractivity contribution in [3.63, 3.8) is 0 Å². The number of rotatable bonds is 34. The van der Waals surface area contributed by atoms with Gasteiger partial charge in [0.15, 0.2) is 0 Å². The molecule has 28 nitrogen and oxygen atoms in total. The maximum Gasteiger partial charge on any atom is 0.335 e. The molecule has 5 heterocycles. The number of nitrogens with zero attached hydrogens (tertiary/aromatic N) is 5. The van der Waals surface area contributed by atoms with Gasteiger partial charge in [0, 0.05) is 81.7 Å². The number of thioether (sulfide) groups is 2. The number of likely N-dealkylation sites (tertiary alicyclic amines) is 2. The maximum absolute atomic E-state index is 11.9. The highest BCUT2D eigenvalue weighted by atomic mass is 32.2. The van der Waals surface area contributed by atoms with Crippen LogP contribution in [-0.4, -0.2) is 248 Å². The third-order valence-corrected chi connectivity index (χ3v) is 13.1. The van der Waals surface area contributed by atoms with Crippen LogP contribution >= 0.6 is 62.3 Å². The predicted octanol–water partition coefficient (Wildman–Crippen LogP) is 2.49. The van der Waals surface area contributed by atoms with Gasteiger partial charge in [-0.2, -0.15) is 62.3 Å². The van der Waals surface area contributed by atoms with Gasteiger partial charge >= 0.3 is 11.9 Å². The predicted molar refractivity (Wildman–Crippen MR) is 342 cm³/mol. The number of hydrogen-bond donors (Lipinski definition) is 4. The van der Waals surface area contributed by atoms with Crippen molar-refractivity contribution in [2.75, 3.05) is 136 Å². The second kappa shape index (κ2) is 58.7. The SMILES string of the molecule is CC.CC.CC.CC.CSC1CC(=O)N(CCOCCOCCC(=O)NCCS)C1=O.CSC1CC(=O)N(CCOCCOCCC(=O)ON2C(=O)CCC2=O)C1=O.NCCS.O=C(CCOCCOCCN1C(=O)C=CC1=O)ON1C(=O)CCC1=O.S. The van der Waals surface area contributed by atoms with E-state index in [2.05, 4.69) is 40.2 Å². The molecule has 0 radical (unpaired) electrons. The molecular weight excluding hydrogens is 1250 g/mol. The Morgan fingerprint density at radius 2 is 0.773 bits per heavy atom. The smallest absolute Gasteiger partial charge is 0.335 e. The van der Waals surface area contributed by atoms with E-state index in [0.29, 0.717) is 61.8 Å². The summed E-state index contributed by atoms with van der Waals surface area (Å²) in [6.07, 6.45) is 6.81. The van der Waals surface area contributed by atoms with E-state index < -0.39 is 35.6 Å². The van der Waals surface area contributed by atoms with Gasteiger partial charge < -0.3 is 49.1 Å². The minimum atomic E-state index is -0.733. The molecule has 0 bridgehead atoms. The zero-order valence-corrected chi connectivity index (χ0v) is 57.1. The number of thiol groups is 2. The van der Waals surface area contributed by atoms with E-state index in [9.17, 15) is 62.3 Å². The zero-order chi connectivity index (χ0) is 66.5. The number of nitrogens with one attached hydrogen (secondary N) is 1. The largest absolute Gasteiger partial charge is 0.379 e. The van der Waals surface area contributed by atoms with Crippen LogP contribution in [0.3, 0.4) is 0 Å². The van der Waals surface area contributed by atoms with Crippen LogP contribution < -0.4 is 11.1 Å². The van der Waals surface area contributed by atoms with E-state index in [1.54, 1.807) is 6.26 Å². The van der Waals surface area contributed by atoms with Crippen LogP contribution in [0.1, 0.15) is 113 Å². The van der Waals surface area contributed by atoms with E-state index in [-0.39, 0.29) is 189 Å². The van der Waals surface area contributed by atoms with Crippen molar-refractivity contribution in [1.29, 1.82) is 0 Å². The Labute approximate surface area is 544 Å². The molecule has 0 aromatic rings. The summed E-state index contributed by atoms with van der Waals surface area (Å²) < 4.78 is 31.5. The summed E-state index contributed by atoms with van der Waals surface area (Å²) >= 11 is 10.6. The molecule has 4 saturated heterocycles. The first-order valence-electron chi connectivity index (χ1n) is 29.0. The van der Waals surface area contributed by atoms with Crippen LogP contribution in [0.25, 0.3) is 0 Å². The van der Waals surface area contributed by atoms with Crippen LogP contribution in [0.2, 0.25) is 0 Å². The molecule has 33 heteroatoms. The number of ether oxygens (including phenoxy) is 6. The highest BCUT2D eigenvalue weighted by molar-refractivity contribution is 8.00. The molecule has 0 saturated carbocycles. The fourth-order valence-corrected chi connectivity index (χ4v) is 7.99. The Morgan fingerprint density at radius 3 is 1.06 bits per heavy atom. The van der Waals surface area contributed by atoms with Crippen molar-refractivity contribution in [1.82, 2.24) is 30.1 Å². The van der Waals surface area contributed by atoms with Crippen molar-refractivity contribution in [3.8, 4) is 0 Å². The highest BCUT2D eigenvalue weighted by Crippen LogP contribution is 2.24. The average molecular weight is 1350 g/mol. The summed E-state index contributed by atoms with van der Waals surface area (Å²) in [7, 11) is 0. The third kappa shape index (κ3) is 38.8. The average Bonchev–Trinajstić information content (AvgIpc) is 4.18. The molecule has 88 heavy (non-hydrogen) atoms. The second-order valence-corrected chi connectivity index (χ2v) is 19.4. The summed E-state index contributed by atoms with van der Waals surface area (Å²) in [5, 5.41) is 3.13. The number of carbonyl (C=O) groups is 13. The standard InChI is InChI=1S/C16H22N2O8S.C15H18N2O8.C14H24N2O5S2.C2H7NS.4C2H6.H2S/c1-27-11-10-14(21)17(16(11)23)5-7-25-9-8-24-6-4-15(22)26-18-12(19)2-3-13(18)20;18-11-1-2-12(19)16(11)6-8-24-10-9-23-7-5-15(22)25-17-13(20)3-4-14(17)21;1-23-11-10-13(18)16(14(11)19)4-6-21-8-7-20-5-2-12(17)15-3-9-22;3-1-2-4;4*1-2;/h11H,2-10H2,1H3;1-2H,3-10H2;11,22H,2-10H2,1H3,(H,15,17);4H,1-3H2;4*1-2H3;1H2. The topological polar surface area (TPSA) is 350 Å². The fourth-order valence-electron chi connectivity index (χ4n) is 6.60. The monoisotopic (exact) mass is 1350 g/mol. The van der Waals surface area contributed by atoms with Crippen molar-refractivity contribution in [2.24, 2.45) is 5.73 Å². The summed E-state index contributed by atoms with van der Waals surface area (Å²) in [6, 6.07) is 0. The molecular formula is C55H97N7O21S5. The Bertz CT molecular complexity index is 2070. The molecule has 0 spiro atoms. The van der Waals surface area contributed by atoms with Gasteiger partial charge in [0.1, 0.15) is 0 Å². The van der Waals surface area contributed by atoms with E-state index >= 15 is 0 Å². The summed E-state index contributed by atoms with van der Waals surface area (Å²) in [5.74, 6) is -3.59. The van der Waals surface area contributed by atoms with Crippen LogP contribution in [0.4, 0.5) is 0 Å². The van der Waals surface area contributed by atoms with Gasteiger partial charge in [-0.1, -0.05) is 55.4 Å². The summed E-state index contributed by atoms with van der Waals surface area (Å²) in [5.41, 5.74) is 4.95. The van der Waals surface area contributed by atoms with Crippen molar-refractivity contribution >= 4 is 139 Å². The number of nitrogens with two attached hydrogens (primary N) is 1. The first-order chi connectivity index (χ1) is 41.9. The third-order valence-electron chi connectivity index (χ3n) is 10.7. The van der Waals surface area contributed by atoms with E-state index in [1.165, 1.54) is 45.5 Å². The quantitative estimate of drug-likeness (QED) is 0.0408.